The first-order valence-corrected chi connectivity index (χ1v) is 5.64. The maximum atomic E-state index is 11.6. The van der Waals surface area contributed by atoms with Crippen molar-refractivity contribution in [3.8, 4) is 0 Å². The Hall–Kier alpha value is -0.660. The topological polar surface area (TPSA) is 83.9 Å². The molecule has 0 radical (unpaired) electrons. The molecule has 1 heterocycles. The molecule has 0 saturated carbocycles. The van der Waals surface area contributed by atoms with Crippen LogP contribution in [-0.4, -0.2) is 55.4 Å². The van der Waals surface area contributed by atoms with E-state index in [1.165, 1.54) is 6.92 Å². The summed E-state index contributed by atoms with van der Waals surface area (Å²) >= 11 is 0. The molecule has 1 unspecified atom stereocenters. The molecule has 1 rings (SSSR count). The van der Waals surface area contributed by atoms with Crippen molar-refractivity contribution in [1.29, 1.82) is 0 Å². The van der Waals surface area contributed by atoms with E-state index in [2.05, 4.69) is 4.74 Å². The molecule has 0 aromatic carbocycles. The third-order valence-electron chi connectivity index (χ3n) is 2.17. The number of hydrogen-bond donors (Lipinski definition) is 1. The number of hydrogen-bond acceptors (Lipinski definition) is 5. The molecule has 6 nitrogen and oxygen atoms in total. The molecular formula is C7H13NO5S. The van der Waals surface area contributed by atoms with Crippen molar-refractivity contribution in [3.63, 3.8) is 0 Å². The van der Waals surface area contributed by atoms with Crippen LogP contribution in [-0.2, 0) is 19.6 Å². The van der Waals surface area contributed by atoms with Gasteiger partial charge < -0.3 is 9.84 Å². The Morgan fingerprint density at radius 1 is 1.57 bits per heavy atom. The highest BCUT2D eigenvalue weighted by molar-refractivity contribution is 7.90. The highest BCUT2D eigenvalue weighted by Crippen LogP contribution is 2.17. The van der Waals surface area contributed by atoms with Gasteiger partial charge in [-0.3, -0.25) is 4.79 Å². The van der Waals surface area contributed by atoms with Crippen LogP contribution in [0.4, 0.5) is 0 Å². The van der Waals surface area contributed by atoms with Crippen molar-refractivity contribution in [1.82, 2.24) is 4.31 Å². The largest absolute Gasteiger partial charge is 0.468 e. The predicted molar refractivity (Wildman–Crippen MR) is 48.0 cm³/mol. The second-order valence-corrected chi connectivity index (χ2v) is 5.43. The minimum Gasteiger partial charge on any atom is -0.468 e. The van der Waals surface area contributed by atoms with Crippen molar-refractivity contribution in [2.75, 3.05) is 20.2 Å². The van der Waals surface area contributed by atoms with Crippen LogP contribution in [0.2, 0.25) is 0 Å². The van der Waals surface area contributed by atoms with Gasteiger partial charge in [-0.2, -0.15) is 4.31 Å². The number of ether oxygens (including phenoxy) is 1. The molecule has 7 heteroatoms. The summed E-state index contributed by atoms with van der Waals surface area (Å²) in [7, 11) is -2.51. The van der Waals surface area contributed by atoms with Gasteiger partial charge in [0.2, 0.25) is 10.0 Å². The number of esters is 1. The molecule has 1 saturated heterocycles. The predicted octanol–water partition coefficient (Wildman–Crippen LogP) is -1.45. The van der Waals surface area contributed by atoms with Crippen LogP contribution in [0, 0.1) is 0 Å². The number of aliphatic hydroxyl groups is 1. The van der Waals surface area contributed by atoms with E-state index >= 15 is 0 Å². The number of rotatable bonds is 3. The Morgan fingerprint density at radius 3 is 2.43 bits per heavy atom. The molecule has 0 bridgehead atoms. The van der Waals surface area contributed by atoms with Crippen LogP contribution in [0.1, 0.15) is 6.92 Å². The third-order valence-corrected chi connectivity index (χ3v) is 4.27. The van der Waals surface area contributed by atoms with Gasteiger partial charge in [0.25, 0.3) is 0 Å². The summed E-state index contributed by atoms with van der Waals surface area (Å²) in [4.78, 5) is 11.0. The summed E-state index contributed by atoms with van der Waals surface area (Å²) in [6.45, 7) is 1.39. The highest BCUT2D eigenvalue weighted by Gasteiger charge is 2.41. The quantitative estimate of drug-likeness (QED) is 0.592. The van der Waals surface area contributed by atoms with Crippen LogP contribution in [0.15, 0.2) is 0 Å². The second-order valence-electron chi connectivity index (χ2n) is 3.18. The summed E-state index contributed by atoms with van der Waals surface area (Å²) in [5, 5.41) is 7.73. The number of sulfonamides is 1. The zero-order valence-electron chi connectivity index (χ0n) is 8.00. The molecule has 82 valence electrons. The van der Waals surface area contributed by atoms with E-state index in [1.807, 2.05) is 0 Å². The number of methoxy groups -OCH3 is 1. The third kappa shape index (κ3) is 1.89. The standard InChI is InChI=1S/C7H13NO5S/c1-5(7(10)13-2)14(11,12)8-3-6(9)4-8/h5-6,9H,3-4H2,1-2H3. The van der Waals surface area contributed by atoms with Gasteiger partial charge in [0, 0.05) is 13.1 Å². The smallest absolute Gasteiger partial charge is 0.325 e. The summed E-state index contributed by atoms with van der Waals surface area (Å²) < 4.78 is 28.6. The highest BCUT2D eigenvalue weighted by atomic mass is 32.2. The summed E-state index contributed by atoms with van der Waals surface area (Å²) in [6, 6.07) is 0. The maximum Gasteiger partial charge on any atom is 0.325 e. The molecule has 0 aromatic heterocycles. The van der Waals surface area contributed by atoms with Gasteiger partial charge in [-0.05, 0) is 6.92 Å². The Kier molecular flexibility index (Phi) is 3.13. The van der Waals surface area contributed by atoms with E-state index < -0.39 is 27.3 Å². The fourth-order valence-electron chi connectivity index (χ4n) is 1.14. The van der Waals surface area contributed by atoms with Crippen LogP contribution in [0.25, 0.3) is 0 Å². The van der Waals surface area contributed by atoms with Crippen molar-refractivity contribution in [2.24, 2.45) is 0 Å². The van der Waals surface area contributed by atoms with Crippen molar-refractivity contribution in [3.05, 3.63) is 0 Å². The normalized spacial score (nSPS) is 21.4. The van der Waals surface area contributed by atoms with Crippen LogP contribution in [0.5, 0.6) is 0 Å². The molecule has 1 N–H and O–H groups in total. The molecule has 1 atom stereocenters. The minimum absolute atomic E-state index is 0.0592. The SMILES string of the molecule is COC(=O)C(C)S(=O)(=O)N1CC(O)C1. The Balaban J connectivity index is 2.71. The maximum absolute atomic E-state index is 11.6. The van der Waals surface area contributed by atoms with Crippen LogP contribution in [0.3, 0.4) is 0 Å². The Labute approximate surface area is 82.5 Å². The van der Waals surface area contributed by atoms with Gasteiger partial charge in [0.1, 0.15) is 0 Å². The number of β-amino-alcohol motifs (C(OH)–C–C–N with tert-alkyl or cyclic N) is 1. The average Bonchev–Trinajstić information content (AvgIpc) is 2.10. The number of aliphatic hydroxyl groups excluding tert-OH is 1. The first kappa shape index (κ1) is 11.4. The molecular weight excluding hydrogens is 210 g/mol. The number of carbonyl (C=O) groups is 1. The van der Waals surface area contributed by atoms with E-state index in [4.69, 9.17) is 5.11 Å². The van der Waals surface area contributed by atoms with Gasteiger partial charge in [0.15, 0.2) is 5.25 Å². The van der Waals surface area contributed by atoms with E-state index in [-0.39, 0.29) is 13.1 Å². The molecule has 0 spiro atoms. The number of carbonyl (C=O) groups excluding carboxylic acids is 1. The lowest BCUT2D eigenvalue weighted by atomic mass is 10.2. The van der Waals surface area contributed by atoms with Gasteiger partial charge in [-0.15, -0.1) is 0 Å². The monoisotopic (exact) mass is 223 g/mol. The van der Waals surface area contributed by atoms with Gasteiger partial charge >= 0.3 is 5.97 Å². The Morgan fingerprint density at radius 2 is 2.07 bits per heavy atom. The van der Waals surface area contributed by atoms with Gasteiger partial charge in [-0.25, -0.2) is 8.42 Å². The lowest BCUT2D eigenvalue weighted by molar-refractivity contribution is -0.139. The lowest BCUT2D eigenvalue weighted by Gasteiger charge is -2.35. The first-order chi connectivity index (χ1) is 6.39. The van der Waals surface area contributed by atoms with E-state index in [0.717, 1.165) is 11.4 Å². The molecule has 14 heavy (non-hydrogen) atoms. The molecule has 1 aliphatic heterocycles. The summed E-state index contributed by atoms with van der Waals surface area (Å²) in [6.07, 6.45) is -0.616. The van der Waals surface area contributed by atoms with Crippen LogP contribution >= 0.6 is 0 Å². The fraction of sp³-hybridized carbons (Fsp3) is 0.857. The summed E-state index contributed by atoms with van der Waals surface area (Å²) in [5.74, 6) is -0.786. The van der Waals surface area contributed by atoms with Crippen molar-refractivity contribution >= 4 is 16.0 Å². The molecule has 0 amide bonds. The molecule has 0 aliphatic carbocycles. The number of nitrogens with zero attached hydrogens (tertiary/aromatic N) is 1. The van der Waals surface area contributed by atoms with E-state index in [1.54, 1.807) is 0 Å². The summed E-state index contributed by atoms with van der Waals surface area (Å²) in [5.41, 5.74) is 0. The molecule has 1 fully saturated rings. The average molecular weight is 223 g/mol. The minimum atomic E-state index is -3.65. The zero-order valence-corrected chi connectivity index (χ0v) is 8.82. The Bertz CT molecular complexity index is 319. The van der Waals surface area contributed by atoms with E-state index in [0.29, 0.717) is 0 Å². The van der Waals surface area contributed by atoms with Gasteiger partial charge in [-0.1, -0.05) is 0 Å². The van der Waals surface area contributed by atoms with E-state index in [9.17, 15) is 13.2 Å². The second kappa shape index (κ2) is 3.84. The van der Waals surface area contributed by atoms with Crippen molar-refractivity contribution in [2.45, 2.75) is 18.3 Å². The lowest BCUT2D eigenvalue weighted by Crippen LogP contribution is -2.56. The molecule has 1 aliphatic rings. The van der Waals surface area contributed by atoms with Gasteiger partial charge in [0.05, 0.1) is 13.2 Å². The molecule has 0 aromatic rings. The fourth-order valence-corrected chi connectivity index (χ4v) is 2.68. The first-order valence-electron chi connectivity index (χ1n) is 4.14. The zero-order chi connectivity index (χ0) is 10.9. The van der Waals surface area contributed by atoms with Crippen LogP contribution < -0.4 is 0 Å². The van der Waals surface area contributed by atoms with Crippen molar-refractivity contribution < 1.29 is 23.1 Å².